The first-order chi connectivity index (χ1) is 17.5. The number of nitrogens with zero attached hydrogens (tertiary/aromatic N) is 1. The summed E-state index contributed by atoms with van der Waals surface area (Å²) in [7, 11) is -3.82. The van der Waals surface area contributed by atoms with Crippen LogP contribution in [0.15, 0.2) is 59.5 Å². The smallest absolute Gasteiger partial charge is 0.307 e. The zero-order chi connectivity index (χ0) is 26.9. The molecule has 1 N–H and O–H groups in total. The normalized spacial score (nSPS) is 18.8. The number of aliphatic carboxylic acids is 1. The lowest BCUT2D eigenvalue weighted by Crippen LogP contribution is -2.36. The lowest BCUT2D eigenvalue weighted by atomic mass is 9.84. The summed E-state index contributed by atoms with van der Waals surface area (Å²) in [4.78, 5) is 25.4. The fourth-order valence-electron chi connectivity index (χ4n) is 4.60. The molecular formula is C28H31NO6S2. The van der Waals surface area contributed by atoms with Crippen molar-refractivity contribution in [2.75, 3.05) is 6.54 Å². The van der Waals surface area contributed by atoms with E-state index in [-0.39, 0.29) is 29.9 Å². The van der Waals surface area contributed by atoms with Crippen LogP contribution in [0, 0.1) is 12.8 Å². The van der Waals surface area contributed by atoms with Crippen molar-refractivity contribution < 1.29 is 27.9 Å². The van der Waals surface area contributed by atoms with Crippen LogP contribution in [0.25, 0.3) is 0 Å². The van der Waals surface area contributed by atoms with E-state index in [0.717, 1.165) is 21.6 Å². The lowest BCUT2D eigenvalue weighted by molar-refractivity contribution is -0.141. The molecule has 9 heteroatoms. The molecule has 0 spiro atoms. The third-order valence-corrected chi connectivity index (χ3v) is 9.99. The molecule has 0 radical (unpaired) electrons. The number of carboxylic acid groups (broad SMARTS) is 1. The predicted octanol–water partition coefficient (Wildman–Crippen LogP) is 5.47. The molecule has 1 aromatic heterocycles. The van der Waals surface area contributed by atoms with E-state index in [4.69, 9.17) is 4.74 Å². The van der Waals surface area contributed by atoms with E-state index in [1.165, 1.54) is 22.6 Å². The van der Waals surface area contributed by atoms with Crippen LogP contribution in [0.3, 0.4) is 0 Å². The first kappa shape index (κ1) is 27.0. The second-order valence-electron chi connectivity index (χ2n) is 9.44. The Balaban J connectivity index is 1.75. The largest absolute Gasteiger partial charge is 0.488 e. The number of para-hydroxylation sites is 1. The third-order valence-electron chi connectivity index (χ3n) is 6.87. The number of fused-ring (bicyclic) bond motifs is 1. The van der Waals surface area contributed by atoms with Gasteiger partial charge in [-0.15, -0.1) is 11.3 Å². The monoisotopic (exact) mass is 541 g/mol. The number of ketones is 1. The first-order valence-corrected chi connectivity index (χ1v) is 14.5. The Kier molecular flexibility index (Phi) is 7.87. The fourth-order valence-corrected chi connectivity index (χ4v) is 7.31. The fraction of sp³-hybridized carbons (Fsp3) is 0.357. The lowest BCUT2D eigenvalue weighted by Gasteiger charge is -2.25. The van der Waals surface area contributed by atoms with Gasteiger partial charge in [-0.05, 0) is 61.2 Å². The Morgan fingerprint density at radius 3 is 2.54 bits per heavy atom. The van der Waals surface area contributed by atoms with Crippen LogP contribution < -0.4 is 4.74 Å². The van der Waals surface area contributed by atoms with Gasteiger partial charge in [0.2, 0.25) is 10.0 Å². The summed E-state index contributed by atoms with van der Waals surface area (Å²) in [6.07, 6.45) is 0.354. The first-order valence-electron chi connectivity index (χ1n) is 12.2. The molecule has 0 bridgehead atoms. The van der Waals surface area contributed by atoms with Gasteiger partial charge >= 0.3 is 5.97 Å². The minimum atomic E-state index is -3.82. The van der Waals surface area contributed by atoms with E-state index in [2.05, 4.69) is 0 Å². The highest BCUT2D eigenvalue weighted by Crippen LogP contribution is 2.38. The van der Waals surface area contributed by atoms with Crippen molar-refractivity contribution in [1.82, 2.24) is 4.31 Å². The van der Waals surface area contributed by atoms with Crippen molar-refractivity contribution in [3.63, 3.8) is 0 Å². The molecule has 0 saturated carbocycles. The average molecular weight is 542 g/mol. The van der Waals surface area contributed by atoms with E-state index in [1.807, 2.05) is 38.1 Å². The van der Waals surface area contributed by atoms with Crippen molar-refractivity contribution in [3.8, 4) is 5.75 Å². The van der Waals surface area contributed by atoms with Gasteiger partial charge in [0.25, 0.3) is 0 Å². The number of hydrogen-bond donors (Lipinski definition) is 1. The van der Waals surface area contributed by atoms with Gasteiger partial charge in [-0.3, -0.25) is 9.59 Å². The van der Waals surface area contributed by atoms with Crippen LogP contribution in [0.1, 0.15) is 64.3 Å². The maximum atomic E-state index is 13.6. The number of rotatable bonds is 8. The molecule has 7 nitrogen and oxygen atoms in total. The van der Waals surface area contributed by atoms with Crippen molar-refractivity contribution in [2.24, 2.45) is 5.92 Å². The zero-order valence-corrected chi connectivity index (χ0v) is 22.9. The van der Waals surface area contributed by atoms with Crippen LogP contribution in [-0.4, -0.2) is 42.2 Å². The van der Waals surface area contributed by atoms with Gasteiger partial charge in [0.15, 0.2) is 5.78 Å². The number of aryl methyl sites for hydroxylation is 1. The molecule has 3 atom stereocenters. The van der Waals surface area contributed by atoms with E-state index < -0.39 is 27.8 Å². The Morgan fingerprint density at radius 1 is 1.16 bits per heavy atom. The number of benzene rings is 2. The van der Waals surface area contributed by atoms with Gasteiger partial charge in [-0.1, -0.05) is 44.2 Å². The van der Waals surface area contributed by atoms with Crippen molar-refractivity contribution >= 4 is 33.1 Å². The summed E-state index contributed by atoms with van der Waals surface area (Å²) in [6.45, 7) is 7.36. The number of ether oxygens (including phenoxy) is 1. The number of thiophene rings is 1. The highest BCUT2D eigenvalue weighted by Gasteiger charge is 2.35. The molecule has 0 amide bonds. The number of carboxylic acids is 1. The van der Waals surface area contributed by atoms with Crippen LogP contribution in [0.4, 0.5) is 0 Å². The van der Waals surface area contributed by atoms with Crippen LogP contribution >= 0.6 is 11.3 Å². The summed E-state index contributed by atoms with van der Waals surface area (Å²) >= 11 is 1.30. The van der Waals surface area contributed by atoms with Crippen LogP contribution in [-0.2, 0) is 21.4 Å². The van der Waals surface area contributed by atoms with Gasteiger partial charge in [-0.25, -0.2) is 8.42 Å². The van der Waals surface area contributed by atoms with Crippen LogP contribution in [0.5, 0.6) is 5.75 Å². The average Bonchev–Trinajstić information content (AvgIpc) is 3.31. The second-order valence-corrected chi connectivity index (χ2v) is 12.5. The van der Waals surface area contributed by atoms with Gasteiger partial charge in [-0.2, -0.15) is 4.31 Å². The zero-order valence-electron chi connectivity index (χ0n) is 21.3. The molecule has 0 fully saturated rings. The van der Waals surface area contributed by atoms with E-state index in [9.17, 15) is 23.1 Å². The Morgan fingerprint density at radius 2 is 1.89 bits per heavy atom. The summed E-state index contributed by atoms with van der Waals surface area (Å²) in [5.41, 5.74) is 2.47. The maximum Gasteiger partial charge on any atom is 0.307 e. The van der Waals surface area contributed by atoms with E-state index >= 15 is 0 Å². The highest BCUT2D eigenvalue weighted by atomic mass is 32.2. The molecular weight excluding hydrogens is 510 g/mol. The highest BCUT2D eigenvalue weighted by molar-refractivity contribution is 7.89. The van der Waals surface area contributed by atoms with Crippen molar-refractivity contribution in [1.29, 1.82) is 0 Å². The van der Waals surface area contributed by atoms with Crippen molar-refractivity contribution in [2.45, 2.75) is 57.6 Å². The summed E-state index contributed by atoms with van der Waals surface area (Å²) in [5, 5.41) is 9.86. The molecule has 3 aromatic rings. The molecule has 3 unspecified atom stereocenters. The second kappa shape index (κ2) is 10.8. The predicted molar refractivity (Wildman–Crippen MR) is 143 cm³/mol. The van der Waals surface area contributed by atoms with Gasteiger partial charge < -0.3 is 9.84 Å². The van der Waals surface area contributed by atoms with E-state index in [0.29, 0.717) is 17.0 Å². The van der Waals surface area contributed by atoms with Crippen LogP contribution in [0.2, 0.25) is 0 Å². The Hall–Kier alpha value is -3.01. The minimum Gasteiger partial charge on any atom is -0.488 e. The summed E-state index contributed by atoms with van der Waals surface area (Å²) in [5.74, 6) is -1.89. The summed E-state index contributed by atoms with van der Waals surface area (Å²) in [6, 6.07) is 15.9. The van der Waals surface area contributed by atoms with Gasteiger partial charge in [0.05, 0.1) is 17.3 Å². The third kappa shape index (κ3) is 5.49. The summed E-state index contributed by atoms with van der Waals surface area (Å²) < 4.78 is 34.8. The van der Waals surface area contributed by atoms with Gasteiger partial charge in [0, 0.05) is 17.3 Å². The molecule has 2 heterocycles. The van der Waals surface area contributed by atoms with Crippen molar-refractivity contribution in [3.05, 3.63) is 81.0 Å². The molecule has 196 valence electrons. The molecule has 1 aliphatic heterocycles. The number of carbonyl (C=O) groups is 2. The molecule has 0 saturated heterocycles. The molecule has 0 aliphatic carbocycles. The maximum absolute atomic E-state index is 13.6. The quantitative estimate of drug-likeness (QED) is 0.379. The number of hydrogen-bond acceptors (Lipinski definition) is 6. The number of sulfonamides is 1. The Bertz CT molecular complexity index is 1430. The molecule has 2 aromatic carbocycles. The Labute approximate surface area is 221 Å². The molecule has 1 aliphatic rings. The standard InChI is InChI=1S/C28H31NO6S2/c1-5-22-16-29(37(33,34)26-9-7-6-8-23(26)35-22)15-21-14-20(11-10-17(21)2)27(18(3)28(31)32)25-13-12-24(36-25)19(4)30/h6-14,18,22,27H,5,15-16H2,1-4H3,(H,31,32). The van der Waals surface area contributed by atoms with Gasteiger partial charge in [0.1, 0.15) is 16.7 Å². The minimum absolute atomic E-state index is 0.0677. The molecule has 37 heavy (non-hydrogen) atoms. The van der Waals surface area contributed by atoms with E-state index in [1.54, 1.807) is 37.3 Å². The number of carbonyl (C=O) groups excluding carboxylic acids is 1. The number of Topliss-reactive ketones (excluding diaryl/α,β-unsaturated/α-hetero) is 1. The molecule has 4 rings (SSSR count). The SMILES string of the molecule is CCC1CN(Cc2cc(C(c3ccc(C(C)=O)s3)C(C)C(=O)O)ccc2C)S(=O)(=O)c2ccccc2O1. The topological polar surface area (TPSA) is 101 Å².